The lowest BCUT2D eigenvalue weighted by atomic mass is 10.4. The van der Waals surface area contributed by atoms with Gasteiger partial charge in [-0.05, 0) is 19.1 Å². The van der Waals surface area contributed by atoms with Gasteiger partial charge in [0, 0.05) is 5.70 Å². The molecule has 1 aliphatic rings. The third-order valence-corrected chi connectivity index (χ3v) is 0.634. The first-order valence-electron chi connectivity index (χ1n) is 2.00. The van der Waals surface area contributed by atoms with E-state index in [2.05, 4.69) is 17.2 Å². The summed E-state index contributed by atoms with van der Waals surface area (Å²) in [5, 5.41) is 0. The lowest BCUT2D eigenvalue weighted by Gasteiger charge is -2.05. The maximum absolute atomic E-state index is 4.62. The van der Waals surface area contributed by atoms with Crippen molar-refractivity contribution in [2.24, 2.45) is 0 Å². The molecule has 1 heterocycles. The topological polar surface area (TPSA) is 21.3 Å². The summed E-state index contributed by atoms with van der Waals surface area (Å²) in [6, 6.07) is 0. The minimum atomic E-state index is 0.780. The minimum absolute atomic E-state index is 0.780. The van der Waals surface area contributed by atoms with Crippen LogP contribution < -0.4 is 5.48 Å². The Bertz CT molecular complexity index is 115. The molecule has 0 aromatic rings. The Morgan fingerprint density at radius 3 is 2.86 bits per heavy atom. The van der Waals surface area contributed by atoms with E-state index in [0.29, 0.717) is 0 Å². The summed E-state index contributed by atoms with van der Waals surface area (Å²) in [7, 11) is 0. The van der Waals surface area contributed by atoms with Crippen molar-refractivity contribution in [2.75, 3.05) is 0 Å². The van der Waals surface area contributed by atoms with Crippen molar-refractivity contribution in [3.05, 3.63) is 31.0 Å². The molecule has 2 nitrogen and oxygen atoms in total. The number of allylic oxidation sites excluding steroid dienone is 3. The van der Waals surface area contributed by atoms with Crippen LogP contribution in [0.15, 0.2) is 24.1 Å². The molecule has 0 aromatic heterocycles. The maximum Gasteiger partial charge on any atom is 0.119 e. The molecule has 0 spiro atoms. The zero-order valence-electron chi connectivity index (χ0n) is 3.85. The number of hydrogen-bond donors (Lipinski definition) is 1. The fraction of sp³-hybridized carbons (Fsp3) is 0. The Labute approximate surface area is 42.4 Å². The molecule has 0 aliphatic carbocycles. The standard InChI is InChI=1S/C5H6NO/c1-5-3-2-4-7-6-5/h2-4,6H,1H2. The van der Waals surface area contributed by atoms with Crippen molar-refractivity contribution in [3.8, 4) is 0 Å². The lowest BCUT2D eigenvalue weighted by Crippen LogP contribution is -2.09. The fourth-order valence-corrected chi connectivity index (χ4v) is 0.338. The molecule has 1 radical (unpaired) electrons. The van der Waals surface area contributed by atoms with Gasteiger partial charge in [-0.3, -0.25) is 0 Å². The average Bonchev–Trinajstić information content (AvgIpc) is 1.69. The van der Waals surface area contributed by atoms with Gasteiger partial charge >= 0.3 is 0 Å². The summed E-state index contributed by atoms with van der Waals surface area (Å²) in [5.74, 6) is 0. The molecule has 37 valence electrons. The molecule has 2 heteroatoms. The molecule has 1 rings (SSSR count). The van der Waals surface area contributed by atoms with Crippen LogP contribution in [0.1, 0.15) is 0 Å². The maximum atomic E-state index is 4.62. The van der Waals surface area contributed by atoms with Crippen molar-refractivity contribution >= 4 is 0 Å². The molecule has 7 heavy (non-hydrogen) atoms. The van der Waals surface area contributed by atoms with Crippen molar-refractivity contribution in [3.63, 3.8) is 0 Å². The van der Waals surface area contributed by atoms with E-state index < -0.39 is 0 Å². The van der Waals surface area contributed by atoms with Gasteiger partial charge in [-0.25, -0.2) is 5.48 Å². The van der Waals surface area contributed by atoms with Crippen LogP contribution in [0.2, 0.25) is 0 Å². The Balaban J connectivity index is 2.57. The molecule has 0 saturated carbocycles. The second-order valence-electron chi connectivity index (χ2n) is 1.24. The minimum Gasteiger partial charge on any atom is -0.390 e. The normalized spacial score (nSPS) is 17.0. The van der Waals surface area contributed by atoms with Crippen LogP contribution in [-0.4, -0.2) is 0 Å². The smallest absolute Gasteiger partial charge is 0.119 e. The van der Waals surface area contributed by atoms with E-state index in [-0.39, 0.29) is 0 Å². The average molecular weight is 96.1 g/mol. The summed E-state index contributed by atoms with van der Waals surface area (Å²) < 4.78 is 0. The van der Waals surface area contributed by atoms with Gasteiger partial charge in [0.2, 0.25) is 0 Å². The van der Waals surface area contributed by atoms with E-state index in [1.807, 2.05) is 6.08 Å². The van der Waals surface area contributed by atoms with Gasteiger partial charge in [-0.15, -0.1) is 0 Å². The van der Waals surface area contributed by atoms with Crippen LogP contribution in [0.4, 0.5) is 0 Å². The first-order chi connectivity index (χ1) is 3.39. The van der Waals surface area contributed by atoms with Crippen LogP contribution in [0.3, 0.4) is 0 Å². The third kappa shape index (κ3) is 0.961. The molecule has 1 aliphatic heterocycles. The SMILES string of the molecule is [CH2]C1=CC=CON1. The monoisotopic (exact) mass is 96.0 g/mol. The second kappa shape index (κ2) is 1.69. The predicted octanol–water partition coefficient (Wildman–Crippen LogP) is 0.753. The third-order valence-electron chi connectivity index (χ3n) is 0.634. The van der Waals surface area contributed by atoms with Crippen molar-refractivity contribution in [1.82, 2.24) is 5.48 Å². The first kappa shape index (κ1) is 4.24. The Kier molecular flexibility index (Phi) is 1.02. The number of hydrogen-bond acceptors (Lipinski definition) is 2. The highest BCUT2D eigenvalue weighted by Gasteiger charge is 1.85. The number of hydroxylamine groups is 1. The van der Waals surface area contributed by atoms with Crippen LogP contribution in [0.25, 0.3) is 0 Å². The van der Waals surface area contributed by atoms with Crippen LogP contribution in [0, 0.1) is 6.92 Å². The molecule has 0 fully saturated rings. The van der Waals surface area contributed by atoms with Crippen LogP contribution >= 0.6 is 0 Å². The first-order valence-corrected chi connectivity index (χ1v) is 2.00. The van der Waals surface area contributed by atoms with E-state index >= 15 is 0 Å². The number of rotatable bonds is 0. The summed E-state index contributed by atoms with van der Waals surface area (Å²) in [6.07, 6.45) is 5.15. The van der Waals surface area contributed by atoms with Gasteiger partial charge in [-0.1, -0.05) is 0 Å². The summed E-state index contributed by atoms with van der Waals surface area (Å²) in [5.41, 5.74) is 3.33. The predicted molar refractivity (Wildman–Crippen MR) is 26.8 cm³/mol. The molecule has 0 amide bonds. The van der Waals surface area contributed by atoms with Crippen LogP contribution in [0.5, 0.6) is 0 Å². The molecule has 0 bridgehead atoms. The van der Waals surface area contributed by atoms with E-state index in [4.69, 9.17) is 0 Å². The highest BCUT2D eigenvalue weighted by molar-refractivity contribution is 5.12. The fourth-order valence-electron chi connectivity index (χ4n) is 0.338. The summed E-state index contributed by atoms with van der Waals surface area (Å²) >= 11 is 0. The molecule has 0 aromatic carbocycles. The molecule has 0 atom stereocenters. The Hall–Kier alpha value is -0.920. The van der Waals surface area contributed by atoms with Gasteiger partial charge in [0.25, 0.3) is 0 Å². The highest BCUT2D eigenvalue weighted by atomic mass is 16.6. The van der Waals surface area contributed by atoms with E-state index in [1.165, 1.54) is 0 Å². The van der Waals surface area contributed by atoms with E-state index in [1.54, 1.807) is 12.3 Å². The number of nitrogens with one attached hydrogen (secondary N) is 1. The quantitative estimate of drug-likeness (QED) is 0.480. The van der Waals surface area contributed by atoms with Crippen molar-refractivity contribution < 1.29 is 4.84 Å². The molecule has 0 saturated heterocycles. The largest absolute Gasteiger partial charge is 0.390 e. The van der Waals surface area contributed by atoms with Crippen LogP contribution in [-0.2, 0) is 4.84 Å². The second-order valence-corrected chi connectivity index (χ2v) is 1.24. The van der Waals surface area contributed by atoms with Gasteiger partial charge in [-0.2, -0.15) is 0 Å². The Morgan fingerprint density at radius 2 is 2.57 bits per heavy atom. The van der Waals surface area contributed by atoms with Gasteiger partial charge in [0.05, 0.1) is 0 Å². The zero-order chi connectivity index (χ0) is 5.11. The van der Waals surface area contributed by atoms with Crippen molar-refractivity contribution in [1.29, 1.82) is 0 Å². The zero-order valence-corrected chi connectivity index (χ0v) is 3.85. The summed E-state index contributed by atoms with van der Waals surface area (Å²) in [4.78, 5) is 4.62. The molecular formula is C5H6NO. The summed E-state index contributed by atoms with van der Waals surface area (Å²) in [6.45, 7) is 3.57. The molecular weight excluding hydrogens is 90.1 g/mol. The lowest BCUT2D eigenvalue weighted by molar-refractivity contribution is 0.163. The molecule has 0 unspecified atom stereocenters. The Morgan fingerprint density at radius 1 is 1.71 bits per heavy atom. The van der Waals surface area contributed by atoms with Crippen molar-refractivity contribution in [2.45, 2.75) is 0 Å². The van der Waals surface area contributed by atoms with Gasteiger partial charge in [0.15, 0.2) is 0 Å². The highest BCUT2D eigenvalue weighted by Crippen LogP contribution is 1.92. The van der Waals surface area contributed by atoms with Gasteiger partial charge in [0.1, 0.15) is 6.26 Å². The molecule has 1 N–H and O–H groups in total. The van der Waals surface area contributed by atoms with E-state index in [0.717, 1.165) is 5.70 Å². The van der Waals surface area contributed by atoms with E-state index in [9.17, 15) is 0 Å². The van der Waals surface area contributed by atoms with Gasteiger partial charge < -0.3 is 4.84 Å².